The van der Waals surface area contributed by atoms with E-state index >= 15 is 0 Å². The number of thioether (sulfide) groups is 1. The molecule has 0 unspecified atom stereocenters. The summed E-state index contributed by atoms with van der Waals surface area (Å²) in [5.74, 6) is 0.793. The summed E-state index contributed by atoms with van der Waals surface area (Å²) in [7, 11) is 1.71. The standard InChI is InChI=1S/C15H13FN2O2S2/c1-18-14(19)12-5-7-21-13(12)17-15(18)22-8-6-20-11-4-2-3-10(16)9-11/h2-5,7,9H,6,8H2,1H3. The van der Waals surface area contributed by atoms with E-state index in [1.807, 2.05) is 5.38 Å². The van der Waals surface area contributed by atoms with Crippen LogP contribution < -0.4 is 10.3 Å². The van der Waals surface area contributed by atoms with E-state index in [9.17, 15) is 9.18 Å². The fourth-order valence-electron chi connectivity index (χ4n) is 1.96. The molecule has 0 aliphatic rings. The molecule has 3 aromatic rings. The number of fused-ring (bicyclic) bond motifs is 1. The Morgan fingerprint density at radius 2 is 2.27 bits per heavy atom. The van der Waals surface area contributed by atoms with E-state index in [1.165, 1.54) is 35.2 Å². The molecule has 0 radical (unpaired) electrons. The van der Waals surface area contributed by atoms with Crippen LogP contribution in [0.2, 0.25) is 0 Å². The lowest BCUT2D eigenvalue weighted by atomic mass is 10.3. The van der Waals surface area contributed by atoms with Crippen LogP contribution in [0.5, 0.6) is 5.75 Å². The highest BCUT2D eigenvalue weighted by Crippen LogP contribution is 2.20. The minimum Gasteiger partial charge on any atom is -0.493 e. The van der Waals surface area contributed by atoms with Crippen molar-refractivity contribution in [1.29, 1.82) is 0 Å². The zero-order valence-electron chi connectivity index (χ0n) is 11.8. The van der Waals surface area contributed by atoms with Crippen LogP contribution >= 0.6 is 23.1 Å². The van der Waals surface area contributed by atoms with Gasteiger partial charge in [-0.25, -0.2) is 9.37 Å². The lowest BCUT2D eigenvalue weighted by Crippen LogP contribution is -2.19. The summed E-state index contributed by atoms with van der Waals surface area (Å²) in [5.41, 5.74) is -0.0419. The lowest BCUT2D eigenvalue weighted by Gasteiger charge is -2.08. The van der Waals surface area contributed by atoms with Crippen LogP contribution in [0, 0.1) is 5.82 Å². The second-order valence-corrected chi connectivity index (χ2v) is 6.51. The normalized spacial score (nSPS) is 11.0. The van der Waals surface area contributed by atoms with Gasteiger partial charge in [-0.3, -0.25) is 9.36 Å². The number of hydrogen-bond acceptors (Lipinski definition) is 5. The third-order valence-corrected chi connectivity index (χ3v) is 4.84. The average molecular weight is 336 g/mol. The first-order chi connectivity index (χ1) is 10.6. The highest BCUT2D eigenvalue weighted by molar-refractivity contribution is 7.99. The topological polar surface area (TPSA) is 44.1 Å². The quantitative estimate of drug-likeness (QED) is 0.407. The van der Waals surface area contributed by atoms with Gasteiger partial charge in [-0.1, -0.05) is 17.8 Å². The van der Waals surface area contributed by atoms with Gasteiger partial charge in [0.2, 0.25) is 0 Å². The third-order valence-electron chi connectivity index (χ3n) is 3.04. The molecule has 0 aliphatic heterocycles. The summed E-state index contributed by atoms with van der Waals surface area (Å²) in [6.07, 6.45) is 0. The van der Waals surface area contributed by atoms with Gasteiger partial charge in [-0.05, 0) is 23.6 Å². The largest absolute Gasteiger partial charge is 0.493 e. The molecular weight excluding hydrogens is 323 g/mol. The van der Waals surface area contributed by atoms with E-state index in [4.69, 9.17) is 4.74 Å². The van der Waals surface area contributed by atoms with E-state index in [0.29, 0.717) is 28.7 Å². The maximum absolute atomic E-state index is 13.0. The predicted octanol–water partition coefficient (Wildman–Crippen LogP) is 3.31. The van der Waals surface area contributed by atoms with Crippen LogP contribution in [0.1, 0.15) is 0 Å². The monoisotopic (exact) mass is 336 g/mol. The van der Waals surface area contributed by atoms with Crippen molar-refractivity contribution in [2.24, 2.45) is 7.05 Å². The van der Waals surface area contributed by atoms with Gasteiger partial charge in [0, 0.05) is 18.9 Å². The van der Waals surface area contributed by atoms with Crippen molar-refractivity contribution in [3.05, 3.63) is 51.9 Å². The molecule has 4 nitrogen and oxygen atoms in total. The fraction of sp³-hybridized carbons (Fsp3) is 0.200. The highest BCUT2D eigenvalue weighted by atomic mass is 32.2. The van der Waals surface area contributed by atoms with Crippen molar-refractivity contribution in [3.8, 4) is 5.75 Å². The second-order valence-electron chi connectivity index (χ2n) is 4.55. The molecule has 0 fully saturated rings. The van der Waals surface area contributed by atoms with E-state index in [2.05, 4.69) is 4.98 Å². The number of hydrogen-bond donors (Lipinski definition) is 0. The molecule has 22 heavy (non-hydrogen) atoms. The van der Waals surface area contributed by atoms with Gasteiger partial charge in [-0.2, -0.15) is 0 Å². The van der Waals surface area contributed by atoms with Crippen LogP contribution in [-0.4, -0.2) is 21.9 Å². The van der Waals surface area contributed by atoms with Crippen molar-refractivity contribution in [1.82, 2.24) is 9.55 Å². The first-order valence-corrected chi connectivity index (χ1v) is 8.47. The van der Waals surface area contributed by atoms with Crippen LogP contribution in [0.4, 0.5) is 4.39 Å². The first kappa shape index (κ1) is 15.1. The van der Waals surface area contributed by atoms with Gasteiger partial charge in [-0.15, -0.1) is 11.3 Å². The molecule has 0 saturated carbocycles. The zero-order chi connectivity index (χ0) is 15.5. The molecule has 0 bridgehead atoms. The number of thiophene rings is 1. The number of benzene rings is 1. The Hall–Kier alpha value is -1.86. The highest BCUT2D eigenvalue weighted by Gasteiger charge is 2.09. The minimum atomic E-state index is -0.322. The molecule has 7 heteroatoms. The van der Waals surface area contributed by atoms with Crippen molar-refractivity contribution in [3.63, 3.8) is 0 Å². The molecule has 0 N–H and O–H groups in total. The molecule has 2 heterocycles. The van der Waals surface area contributed by atoms with Crippen LogP contribution in [0.25, 0.3) is 10.2 Å². The summed E-state index contributed by atoms with van der Waals surface area (Å²) in [4.78, 5) is 17.4. The minimum absolute atomic E-state index is 0.0419. The molecule has 114 valence electrons. The van der Waals surface area contributed by atoms with Crippen LogP contribution in [-0.2, 0) is 7.05 Å². The SMILES string of the molecule is Cn1c(SCCOc2cccc(F)c2)nc2sccc2c1=O. The predicted molar refractivity (Wildman–Crippen MR) is 87.5 cm³/mol. The maximum Gasteiger partial charge on any atom is 0.262 e. The van der Waals surface area contributed by atoms with Crippen LogP contribution in [0.3, 0.4) is 0 Å². The van der Waals surface area contributed by atoms with Crippen LogP contribution in [0.15, 0.2) is 45.7 Å². The Kier molecular flexibility index (Phi) is 4.44. The van der Waals surface area contributed by atoms with E-state index < -0.39 is 0 Å². The Labute approximate surface area is 134 Å². The Bertz CT molecular complexity index is 860. The molecule has 0 saturated heterocycles. The fourth-order valence-corrected chi connectivity index (χ4v) is 3.55. The van der Waals surface area contributed by atoms with Crippen molar-refractivity contribution in [2.45, 2.75) is 5.16 Å². The van der Waals surface area contributed by atoms with Gasteiger partial charge < -0.3 is 4.74 Å². The van der Waals surface area contributed by atoms with Crippen molar-refractivity contribution < 1.29 is 9.13 Å². The summed E-state index contributed by atoms with van der Waals surface area (Å²) in [6, 6.07) is 7.82. The van der Waals surface area contributed by atoms with E-state index in [-0.39, 0.29) is 11.4 Å². The van der Waals surface area contributed by atoms with Crippen molar-refractivity contribution in [2.75, 3.05) is 12.4 Å². The Balaban J connectivity index is 1.64. The van der Waals surface area contributed by atoms with Gasteiger partial charge in [0.1, 0.15) is 16.4 Å². The first-order valence-electron chi connectivity index (χ1n) is 6.60. The maximum atomic E-state index is 13.0. The Morgan fingerprint density at radius 1 is 1.41 bits per heavy atom. The number of rotatable bonds is 5. The number of nitrogens with zero attached hydrogens (tertiary/aromatic N) is 2. The average Bonchev–Trinajstić information content (AvgIpc) is 2.97. The van der Waals surface area contributed by atoms with Gasteiger partial charge in [0.15, 0.2) is 5.16 Å². The summed E-state index contributed by atoms with van der Waals surface area (Å²) in [5, 5.41) is 3.16. The number of aromatic nitrogens is 2. The lowest BCUT2D eigenvalue weighted by molar-refractivity contribution is 0.342. The zero-order valence-corrected chi connectivity index (χ0v) is 13.4. The summed E-state index contributed by atoms with van der Waals surface area (Å²) in [6.45, 7) is 0.409. The second kappa shape index (κ2) is 6.50. The molecule has 3 rings (SSSR count). The molecule has 0 atom stereocenters. The molecule has 0 amide bonds. The summed E-state index contributed by atoms with van der Waals surface area (Å²) >= 11 is 2.89. The Morgan fingerprint density at radius 3 is 3.09 bits per heavy atom. The molecular formula is C15H13FN2O2S2. The molecule has 0 spiro atoms. The van der Waals surface area contributed by atoms with Gasteiger partial charge in [0.05, 0.1) is 12.0 Å². The van der Waals surface area contributed by atoms with E-state index in [1.54, 1.807) is 29.8 Å². The number of halogens is 1. The van der Waals surface area contributed by atoms with Crippen molar-refractivity contribution >= 4 is 33.3 Å². The smallest absolute Gasteiger partial charge is 0.262 e. The molecule has 0 aliphatic carbocycles. The molecule has 1 aromatic carbocycles. The summed E-state index contributed by atoms with van der Waals surface area (Å²) < 4.78 is 20.0. The van der Waals surface area contributed by atoms with Gasteiger partial charge >= 0.3 is 0 Å². The third kappa shape index (κ3) is 3.15. The van der Waals surface area contributed by atoms with E-state index in [0.717, 1.165) is 4.83 Å². The number of ether oxygens (including phenoxy) is 1. The molecule has 2 aromatic heterocycles. The van der Waals surface area contributed by atoms with Gasteiger partial charge in [0.25, 0.3) is 5.56 Å².